The number of ether oxygens (including phenoxy) is 2. The summed E-state index contributed by atoms with van der Waals surface area (Å²) in [5.41, 5.74) is -0.541. The van der Waals surface area contributed by atoms with Crippen LogP contribution in [0.25, 0.3) is 0 Å². The Morgan fingerprint density at radius 1 is 1.19 bits per heavy atom. The van der Waals surface area contributed by atoms with E-state index in [4.69, 9.17) is 9.47 Å². The summed E-state index contributed by atoms with van der Waals surface area (Å²) in [7, 11) is 0. The minimum absolute atomic E-state index is 0.00738. The molecule has 0 radical (unpaired) electrons. The molecule has 0 aliphatic heterocycles. The second-order valence-electron chi connectivity index (χ2n) is 6.79. The maximum Gasteiger partial charge on any atom is 0.407 e. The molecule has 1 rings (SSSR count). The molecular formula is C18H24F2N2O5. The lowest BCUT2D eigenvalue weighted by Gasteiger charge is -2.19. The molecular weight excluding hydrogens is 362 g/mol. The highest BCUT2D eigenvalue weighted by molar-refractivity contribution is 5.81. The standard InChI is InChI=1S/C18H24F2N2O5/c1-11(13-6-5-12(19)9-14(13)20)22-15(23)10-26-16(24)7-8-21-17(25)27-18(2,3)4/h5-6,9,11H,7-8,10H2,1-4H3,(H,21,25)(H,22,23)/t11-/m0/s1. The number of carbonyl (C=O) groups is 3. The maximum absolute atomic E-state index is 13.7. The smallest absolute Gasteiger partial charge is 0.407 e. The molecule has 0 fully saturated rings. The Labute approximate surface area is 156 Å². The summed E-state index contributed by atoms with van der Waals surface area (Å²) in [4.78, 5) is 34.7. The van der Waals surface area contributed by atoms with E-state index in [9.17, 15) is 23.2 Å². The number of hydrogen-bond acceptors (Lipinski definition) is 5. The molecule has 9 heteroatoms. The zero-order valence-corrected chi connectivity index (χ0v) is 15.7. The van der Waals surface area contributed by atoms with Gasteiger partial charge in [-0.05, 0) is 33.8 Å². The van der Waals surface area contributed by atoms with Gasteiger partial charge in [-0.1, -0.05) is 6.07 Å². The van der Waals surface area contributed by atoms with Crippen LogP contribution in [-0.4, -0.2) is 36.7 Å². The van der Waals surface area contributed by atoms with Crippen LogP contribution in [0.1, 0.15) is 45.7 Å². The van der Waals surface area contributed by atoms with Crippen molar-refractivity contribution >= 4 is 18.0 Å². The van der Waals surface area contributed by atoms with Crippen LogP contribution in [0.4, 0.5) is 13.6 Å². The van der Waals surface area contributed by atoms with Gasteiger partial charge in [0.1, 0.15) is 17.2 Å². The summed E-state index contributed by atoms with van der Waals surface area (Å²) in [5.74, 6) is -2.83. The van der Waals surface area contributed by atoms with Gasteiger partial charge in [-0.3, -0.25) is 9.59 Å². The van der Waals surface area contributed by atoms with Crippen molar-refractivity contribution in [1.82, 2.24) is 10.6 Å². The molecule has 1 aromatic carbocycles. The minimum Gasteiger partial charge on any atom is -0.456 e. The minimum atomic E-state index is -0.784. The van der Waals surface area contributed by atoms with Gasteiger partial charge in [0.2, 0.25) is 0 Å². The fraction of sp³-hybridized carbons (Fsp3) is 0.500. The van der Waals surface area contributed by atoms with E-state index < -0.39 is 47.9 Å². The van der Waals surface area contributed by atoms with E-state index >= 15 is 0 Å². The van der Waals surface area contributed by atoms with Crippen molar-refractivity contribution in [2.45, 2.75) is 45.8 Å². The lowest BCUT2D eigenvalue weighted by Crippen LogP contribution is -2.34. The van der Waals surface area contributed by atoms with Crippen LogP contribution < -0.4 is 10.6 Å². The van der Waals surface area contributed by atoms with Crippen molar-refractivity contribution in [3.63, 3.8) is 0 Å². The number of nitrogens with one attached hydrogen (secondary N) is 2. The Hall–Kier alpha value is -2.71. The molecule has 0 heterocycles. The van der Waals surface area contributed by atoms with E-state index in [0.29, 0.717) is 0 Å². The lowest BCUT2D eigenvalue weighted by molar-refractivity contribution is -0.148. The highest BCUT2D eigenvalue weighted by Crippen LogP contribution is 2.17. The highest BCUT2D eigenvalue weighted by Gasteiger charge is 2.17. The fourth-order valence-electron chi connectivity index (χ4n) is 2.01. The molecule has 0 aliphatic carbocycles. The van der Waals surface area contributed by atoms with Gasteiger partial charge >= 0.3 is 12.1 Å². The molecule has 2 amide bonds. The van der Waals surface area contributed by atoms with Crippen LogP contribution >= 0.6 is 0 Å². The number of alkyl carbamates (subject to hydrolysis) is 1. The highest BCUT2D eigenvalue weighted by atomic mass is 19.1. The van der Waals surface area contributed by atoms with Gasteiger partial charge in [0.05, 0.1) is 12.5 Å². The van der Waals surface area contributed by atoms with Gasteiger partial charge in [-0.2, -0.15) is 0 Å². The number of hydrogen-bond donors (Lipinski definition) is 2. The third-order valence-corrected chi connectivity index (χ3v) is 3.17. The molecule has 7 nitrogen and oxygen atoms in total. The van der Waals surface area contributed by atoms with Gasteiger partial charge in [0.15, 0.2) is 6.61 Å². The van der Waals surface area contributed by atoms with Gasteiger partial charge < -0.3 is 20.1 Å². The predicted octanol–water partition coefficient (Wildman–Crippen LogP) is 2.60. The van der Waals surface area contributed by atoms with Gasteiger partial charge in [-0.15, -0.1) is 0 Å². The Bertz CT molecular complexity index is 689. The fourth-order valence-corrected chi connectivity index (χ4v) is 2.01. The van der Waals surface area contributed by atoms with Crippen molar-refractivity contribution in [1.29, 1.82) is 0 Å². The van der Waals surface area contributed by atoms with E-state index in [1.165, 1.54) is 13.0 Å². The lowest BCUT2D eigenvalue weighted by atomic mass is 10.1. The maximum atomic E-state index is 13.7. The predicted molar refractivity (Wildman–Crippen MR) is 92.7 cm³/mol. The molecule has 0 aromatic heterocycles. The first kappa shape index (κ1) is 22.3. The Morgan fingerprint density at radius 2 is 1.85 bits per heavy atom. The molecule has 27 heavy (non-hydrogen) atoms. The summed E-state index contributed by atoms with van der Waals surface area (Å²) >= 11 is 0. The van der Waals surface area contributed by atoms with Crippen molar-refractivity contribution in [2.24, 2.45) is 0 Å². The summed E-state index contributed by atoms with van der Waals surface area (Å²) in [5, 5.41) is 4.83. The Morgan fingerprint density at radius 3 is 2.44 bits per heavy atom. The average molecular weight is 386 g/mol. The normalized spacial score (nSPS) is 12.1. The van der Waals surface area contributed by atoms with Crippen LogP contribution in [0.3, 0.4) is 0 Å². The zero-order chi connectivity index (χ0) is 20.6. The third-order valence-electron chi connectivity index (χ3n) is 3.17. The average Bonchev–Trinajstić information content (AvgIpc) is 2.51. The molecule has 150 valence electrons. The second kappa shape index (κ2) is 9.84. The van der Waals surface area contributed by atoms with Crippen LogP contribution in [0.5, 0.6) is 0 Å². The number of esters is 1. The first-order valence-corrected chi connectivity index (χ1v) is 8.34. The third kappa shape index (κ3) is 8.98. The monoisotopic (exact) mass is 386 g/mol. The SMILES string of the molecule is C[C@H](NC(=O)COC(=O)CCNC(=O)OC(C)(C)C)c1ccc(F)cc1F. The first-order chi connectivity index (χ1) is 12.5. The topological polar surface area (TPSA) is 93.7 Å². The van der Waals surface area contributed by atoms with Crippen molar-refractivity contribution in [2.75, 3.05) is 13.2 Å². The van der Waals surface area contributed by atoms with Crippen molar-refractivity contribution in [3.8, 4) is 0 Å². The zero-order valence-electron chi connectivity index (χ0n) is 15.7. The van der Waals surface area contributed by atoms with Crippen molar-refractivity contribution in [3.05, 3.63) is 35.4 Å². The number of halogens is 2. The van der Waals surface area contributed by atoms with Crippen LogP contribution in [-0.2, 0) is 19.1 Å². The molecule has 0 aliphatic rings. The van der Waals surface area contributed by atoms with Crippen molar-refractivity contribution < 1.29 is 32.6 Å². The van der Waals surface area contributed by atoms with E-state index in [-0.39, 0.29) is 18.5 Å². The number of rotatable bonds is 7. The summed E-state index contributed by atoms with van der Waals surface area (Å²) in [6, 6.07) is 2.30. The van der Waals surface area contributed by atoms with Crippen LogP contribution in [0.2, 0.25) is 0 Å². The molecule has 0 spiro atoms. The van der Waals surface area contributed by atoms with E-state index in [1.807, 2.05) is 0 Å². The van der Waals surface area contributed by atoms with Crippen LogP contribution in [0, 0.1) is 11.6 Å². The van der Waals surface area contributed by atoms with E-state index in [2.05, 4.69) is 10.6 Å². The molecule has 0 unspecified atom stereocenters. The van der Waals surface area contributed by atoms with Gasteiger partial charge in [-0.25, -0.2) is 13.6 Å². The molecule has 0 saturated heterocycles. The quantitative estimate of drug-likeness (QED) is 0.703. The van der Waals surface area contributed by atoms with Crippen LogP contribution in [0.15, 0.2) is 18.2 Å². The van der Waals surface area contributed by atoms with Gasteiger partial charge in [0, 0.05) is 18.2 Å². The second-order valence-corrected chi connectivity index (χ2v) is 6.79. The largest absolute Gasteiger partial charge is 0.456 e. The number of carbonyl (C=O) groups excluding carboxylic acids is 3. The van der Waals surface area contributed by atoms with E-state index in [1.54, 1.807) is 20.8 Å². The Balaban J connectivity index is 2.31. The molecule has 0 saturated carbocycles. The summed E-state index contributed by atoms with van der Waals surface area (Å²) in [6.07, 6.45) is -0.808. The molecule has 0 bridgehead atoms. The Kier molecular flexibility index (Phi) is 8.14. The summed E-state index contributed by atoms with van der Waals surface area (Å²) in [6.45, 7) is 6.07. The molecule has 2 N–H and O–H groups in total. The first-order valence-electron chi connectivity index (χ1n) is 8.34. The number of amides is 2. The molecule has 1 atom stereocenters. The molecule has 1 aromatic rings. The van der Waals surface area contributed by atoms with E-state index in [0.717, 1.165) is 12.1 Å². The summed E-state index contributed by atoms with van der Waals surface area (Å²) < 4.78 is 36.3. The number of benzene rings is 1. The van der Waals surface area contributed by atoms with Gasteiger partial charge in [0.25, 0.3) is 5.91 Å².